The lowest BCUT2D eigenvalue weighted by molar-refractivity contribution is -0.0198. The molecule has 0 atom stereocenters. The van der Waals surface area contributed by atoms with Gasteiger partial charge in [0.25, 0.3) is 0 Å². The molecule has 1 saturated carbocycles. The standard InChI is InChI=1S/C12H18N2O/c1-2-6-12(5-1)15-14-9-7-11-4-3-8-13-10-11/h3-4,8,10,12,14H,1-2,5-7,9H2. The molecule has 0 aliphatic heterocycles. The van der Waals surface area contributed by atoms with Crippen LogP contribution < -0.4 is 5.48 Å². The van der Waals surface area contributed by atoms with Crippen LogP contribution in [0.25, 0.3) is 0 Å². The van der Waals surface area contributed by atoms with Crippen molar-refractivity contribution in [3.8, 4) is 0 Å². The van der Waals surface area contributed by atoms with Gasteiger partial charge in [-0.1, -0.05) is 18.9 Å². The maximum atomic E-state index is 5.55. The van der Waals surface area contributed by atoms with Crippen LogP contribution in [-0.2, 0) is 11.3 Å². The number of hydrogen-bond acceptors (Lipinski definition) is 3. The molecule has 82 valence electrons. The van der Waals surface area contributed by atoms with Crippen LogP contribution in [0.4, 0.5) is 0 Å². The van der Waals surface area contributed by atoms with Gasteiger partial charge in [-0.3, -0.25) is 9.82 Å². The van der Waals surface area contributed by atoms with E-state index < -0.39 is 0 Å². The van der Waals surface area contributed by atoms with Gasteiger partial charge in [-0.25, -0.2) is 5.48 Å². The van der Waals surface area contributed by atoms with Crippen LogP contribution in [-0.4, -0.2) is 17.6 Å². The SMILES string of the molecule is c1cncc(CCNOC2CCCC2)c1. The Bertz CT molecular complexity index is 270. The van der Waals surface area contributed by atoms with Gasteiger partial charge < -0.3 is 0 Å². The van der Waals surface area contributed by atoms with Crippen LogP contribution >= 0.6 is 0 Å². The number of rotatable bonds is 5. The monoisotopic (exact) mass is 206 g/mol. The van der Waals surface area contributed by atoms with Gasteiger partial charge >= 0.3 is 0 Å². The molecule has 1 aromatic heterocycles. The molecule has 0 bridgehead atoms. The molecular weight excluding hydrogens is 188 g/mol. The van der Waals surface area contributed by atoms with E-state index in [9.17, 15) is 0 Å². The van der Waals surface area contributed by atoms with Crippen LogP contribution in [0.5, 0.6) is 0 Å². The van der Waals surface area contributed by atoms with Crippen LogP contribution in [0, 0.1) is 0 Å². The molecule has 1 N–H and O–H groups in total. The van der Waals surface area contributed by atoms with Gasteiger partial charge in [0.15, 0.2) is 0 Å². The quantitative estimate of drug-likeness (QED) is 0.591. The summed E-state index contributed by atoms with van der Waals surface area (Å²) >= 11 is 0. The van der Waals surface area contributed by atoms with E-state index in [0.29, 0.717) is 6.10 Å². The molecule has 2 rings (SSSR count). The third-order valence-electron chi connectivity index (χ3n) is 2.79. The molecule has 1 fully saturated rings. The van der Waals surface area contributed by atoms with Gasteiger partial charge in [0, 0.05) is 18.9 Å². The molecule has 3 nitrogen and oxygen atoms in total. The summed E-state index contributed by atoms with van der Waals surface area (Å²) in [5.41, 5.74) is 4.30. The molecule has 1 aliphatic rings. The van der Waals surface area contributed by atoms with Gasteiger partial charge in [-0.05, 0) is 30.9 Å². The van der Waals surface area contributed by atoms with Gasteiger partial charge in [-0.2, -0.15) is 0 Å². The molecule has 1 heterocycles. The minimum atomic E-state index is 0.443. The van der Waals surface area contributed by atoms with E-state index in [1.165, 1.54) is 31.2 Å². The van der Waals surface area contributed by atoms with Crippen molar-refractivity contribution in [1.82, 2.24) is 10.5 Å². The molecule has 15 heavy (non-hydrogen) atoms. The Balaban J connectivity index is 1.59. The first-order chi connectivity index (χ1) is 7.45. The zero-order valence-electron chi connectivity index (χ0n) is 8.98. The predicted octanol–water partition coefficient (Wildman–Crippen LogP) is 2.09. The van der Waals surface area contributed by atoms with Crippen molar-refractivity contribution in [2.75, 3.05) is 6.54 Å². The molecule has 0 unspecified atom stereocenters. The Morgan fingerprint density at radius 2 is 2.27 bits per heavy atom. The molecule has 0 amide bonds. The highest BCUT2D eigenvalue weighted by Gasteiger charge is 2.14. The summed E-state index contributed by atoms with van der Waals surface area (Å²) in [7, 11) is 0. The summed E-state index contributed by atoms with van der Waals surface area (Å²) in [5.74, 6) is 0. The number of nitrogens with zero attached hydrogens (tertiary/aromatic N) is 1. The number of aromatic nitrogens is 1. The number of nitrogens with one attached hydrogen (secondary N) is 1. The zero-order chi connectivity index (χ0) is 10.3. The average molecular weight is 206 g/mol. The van der Waals surface area contributed by atoms with E-state index in [1.807, 2.05) is 12.3 Å². The lowest BCUT2D eigenvalue weighted by atomic mass is 10.2. The van der Waals surface area contributed by atoms with Crippen molar-refractivity contribution in [3.63, 3.8) is 0 Å². The van der Waals surface area contributed by atoms with E-state index in [2.05, 4.69) is 16.5 Å². The molecule has 0 radical (unpaired) electrons. The molecule has 1 aromatic rings. The smallest absolute Gasteiger partial charge is 0.0790 e. The largest absolute Gasteiger partial charge is 0.299 e. The Morgan fingerprint density at radius 1 is 1.40 bits per heavy atom. The van der Waals surface area contributed by atoms with Crippen LogP contribution in [0.1, 0.15) is 31.2 Å². The van der Waals surface area contributed by atoms with Crippen molar-refractivity contribution >= 4 is 0 Å². The van der Waals surface area contributed by atoms with E-state index in [-0.39, 0.29) is 0 Å². The zero-order valence-corrected chi connectivity index (χ0v) is 8.98. The van der Waals surface area contributed by atoms with Gasteiger partial charge in [0.05, 0.1) is 6.10 Å². The molecule has 0 spiro atoms. The van der Waals surface area contributed by atoms with Crippen LogP contribution in [0.15, 0.2) is 24.5 Å². The summed E-state index contributed by atoms with van der Waals surface area (Å²) in [4.78, 5) is 9.63. The van der Waals surface area contributed by atoms with Gasteiger partial charge in [-0.15, -0.1) is 0 Å². The molecule has 0 saturated heterocycles. The highest BCUT2D eigenvalue weighted by Crippen LogP contribution is 2.19. The number of hydroxylamine groups is 1. The summed E-state index contributed by atoms with van der Waals surface area (Å²) < 4.78 is 0. The van der Waals surface area contributed by atoms with Crippen molar-refractivity contribution in [1.29, 1.82) is 0 Å². The molecular formula is C12H18N2O. The Kier molecular flexibility index (Phi) is 4.11. The molecule has 0 aromatic carbocycles. The second-order valence-electron chi connectivity index (χ2n) is 4.03. The number of pyridine rings is 1. The van der Waals surface area contributed by atoms with E-state index in [4.69, 9.17) is 4.84 Å². The Hall–Kier alpha value is -0.930. The minimum Gasteiger partial charge on any atom is -0.299 e. The van der Waals surface area contributed by atoms with Crippen molar-refractivity contribution in [2.45, 2.75) is 38.2 Å². The third-order valence-corrected chi connectivity index (χ3v) is 2.79. The first kappa shape index (κ1) is 10.6. The second kappa shape index (κ2) is 5.83. The van der Waals surface area contributed by atoms with E-state index in [1.54, 1.807) is 6.20 Å². The van der Waals surface area contributed by atoms with E-state index >= 15 is 0 Å². The lowest BCUT2D eigenvalue weighted by Gasteiger charge is -2.11. The maximum Gasteiger partial charge on any atom is 0.0790 e. The van der Waals surface area contributed by atoms with E-state index in [0.717, 1.165) is 13.0 Å². The fourth-order valence-corrected chi connectivity index (χ4v) is 1.92. The molecule has 1 aliphatic carbocycles. The van der Waals surface area contributed by atoms with Crippen LogP contribution in [0.2, 0.25) is 0 Å². The number of hydrogen-bond donors (Lipinski definition) is 1. The van der Waals surface area contributed by atoms with Gasteiger partial charge in [0.1, 0.15) is 0 Å². The Morgan fingerprint density at radius 3 is 3.00 bits per heavy atom. The summed E-state index contributed by atoms with van der Waals surface area (Å²) in [6.45, 7) is 0.863. The Labute approximate surface area is 90.8 Å². The van der Waals surface area contributed by atoms with Crippen molar-refractivity contribution in [2.24, 2.45) is 0 Å². The maximum absolute atomic E-state index is 5.55. The third kappa shape index (κ3) is 3.61. The predicted molar refractivity (Wildman–Crippen MR) is 59.3 cm³/mol. The summed E-state index contributed by atoms with van der Waals surface area (Å²) in [6, 6.07) is 4.05. The highest BCUT2D eigenvalue weighted by atomic mass is 16.7. The molecule has 3 heteroatoms. The topological polar surface area (TPSA) is 34.2 Å². The van der Waals surface area contributed by atoms with Gasteiger partial charge in [0.2, 0.25) is 0 Å². The van der Waals surface area contributed by atoms with Crippen molar-refractivity contribution < 1.29 is 4.84 Å². The normalized spacial score (nSPS) is 17.1. The second-order valence-corrected chi connectivity index (χ2v) is 4.03. The fourth-order valence-electron chi connectivity index (χ4n) is 1.92. The first-order valence-electron chi connectivity index (χ1n) is 5.72. The first-order valence-corrected chi connectivity index (χ1v) is 5.72. The summed E-state index contributed by atoms with van der Waals surface area (Å²) in [5, 5.41) is 0. The minimum absolute atomic E-state index is 0.443. The average Bonchev–Trinajstić information content (AvgIpc) is 2.79. The van der Waals surface area contributed by atoms with Crippen LogP contribution in [0.3, 0.4) is 0 Å². The fraction of sp³-hybridized carbons (Fsp3) is 0.583. The van der Waals surface area contributed by atoms with Crippen molar-refractivity contribution in [3.05, 3.63) is 30.1 Å². The lowest BCUT2D eigenvalue weighted by Crippen LogP contribution is -2.23. The summed E-state index contributed by atoms with van der Waals surface area (Å²) in [6.07, 6.45) is 10.2. The highest BCUT2D eigenvalue weighted by molar-refractivity contribution is 5.08.